The van der Waals surface area contributed by atoms with Crippen molar-refractivity contribution in [1.29, 1.82) is 0 Å². The fraction of sp³-hybridized carbons (Fsp3) is 0.536. The summed E-state index contributed by atoms with van der Waals surface area (Å²) in [6, 6.07) is 5.25. The van der Waals surface area contributed by atoms with E-state index in [9.17, 15) is 14.7 Å². The Morgan fingerprint density at radius 3 is 2.77 bits per heavy atom. The van der Waals surface area contributed by atoms with Crippen molar-refractivity contribution in [1.82, 2.24) is 4.98 Å². The average Bonchev–Trinajstić information content (AvgIpc) is 2.80. The summed E-state index contributed by atoms with van der Waals surface area (Å²) in [5.74, 6) is 0.346. The Labute approximate surface area is 205 Å². The van der Waals surface area contributed by atoms with Gasteiger partial charge in [-0.3, -0.25) is 9.78 Å². The number of nitrogens with zero attached hydrogens (tertiary/aromatic N) is 1. The lowest BCUT2D eigenvalue weighted by atomic mass is 9.44. The zero-order valence-electron chi connectivity index (χ0n) is 20.9. The van der Waals surface area contributed by atoms with Crippen LogP contribution in [0.25, 0.3) is 11.3 Å². The predicted molar refractivity (Wildman–Crippen MR) is 130 cm³/mol. The first-order valence-electron chi connectivity index (χ1n) is 12.3. The first-order valence-corrected chi connectivity index (χ1v) is 12.3. The number of ether oxygens (including phenoxy) is 2. The first kappa shape index (κ1) is 23.8. The summed E-state index contributed by atoms with van der Waals surface area (Å²) < 4.78 is 17.7. The quantitative estimate of drug-likeness (QED) is 0.503. The van der Waals surface area contributed by atoms with Gasteiger partial charge in [0.15, 0.2) is 0 Å². The molecule has 186 valence electrons. The van der Waals surface area contributed by atoms with Crippen molar-refractivity contribution in [3.8, 4) is 17.1 Å². The lowest BCUT2D eigenvalue weighted by Gasteiger charge is -2.63. The van der Waals surface area contributed by atoms with Crippen LogP contribution < -0.4 is 10.4 Å². The number of aliphatic hydroxyl groups is 1. The van der Waals surface area contributed by atoms with Gasteiger partial charge in [0.2, 0.25) is 0 Å². The van der Waals surface area contributed by atoms with Crippen molar-refractivity contribution in [2.75, 3.05) is 6.61 Å². The Morgan fingerprint density at radius 1 is 1.31 bits per heavy atom. The Kier molecular flexibility index (Phi) is 5.47. The molecule has 3 aliphatic rings. The van der Waals surface area contributed by atoms with Crippen LogP contribution in [0.5, 0.6) is 5.75 Å². The van der Waals surface area contributed by atoms with Crippen molar-refractivity contribution in [2.24, 2.45) is 28.6 Å². The number of aromatic nitrogens is 1. The lowest BCUT2D eigenvalue weighted by Crippen LogP contribution is -2.63. The van der Waals surface area contributed by atoms with Crippen molar-refractivity contribution in [2.45, 2.75) is 59.2 Å². The molecule has 0 saturated heterocycles. The van der Waals surface area contributed by atoms with Gasteiger partial charge in [0.1, 0.15) is 22.7 Å². The van der Waals surface area contributed by atoms with Gasteiger partial charge in [-0.05, 0) is 55.2 Å². The van der Waals surface area contributed by atoms with Crippen molar-refractivity contribution < 1.29 is 23.8 Å². The van der Waals surface area contributed by atoms with Gasteiger partial charge >= 0.3 is 11.6 Å². The molecule has 0 amide bonds. The van der Waals surface area contributed by atoms with Crippen LogP contribution in [0.15, 0.2) is 52.0 Å². The number of esters is 1. The minimum atomic E-state index is -1.06. The molecule has 5 rings (SSSR count). The molecule has 1 aliphatic heterocycles. The Balaban J connectivity index is 1.60. The van der Waals surface area contributed by atoms with Gasteiger partial charge < -0.3 is 19.0 Å². The highest BCUT2D eigenvalue weighted by molar-refractivity contribution is 5.66. The Bertz CT molecular complexity index is 1240. The highest BCUT2D eigenvalue weighted by Crippen LogP contribution is 2.65. The van der Waals surface area contributed by atoms with Gasteiger partial charge in [-0.25, -0.2) is 4.79 Å². The SMILES string of the molecule is CC(=O)OCC1(C)C2C=C[C@@]3(C)Oc4cc(-c5cccnc5)oc(=O)c4[C@H](O)C3[C@@]2(C)CC[C@@H]1C. The number of pyridine rings is 1. The van der Waals surface area contributed by atoms with E-state index in [0.29, 0.717) is 29.6 Å². The van der Waals surface area contributed by atoms with Gasteiger partial charge in [-0.15, -0.1) is 0 Å². The first-order chi connectivity index (χ1) is 16.5. The normalized spacial score (nSPS) is 37.4. The molecular weight excluding hydrogens is 446 g/mol. The van der Waals surface area contributed by atoms with Crippen LogP contribution in [0, 0.1) is 28.6 Å². The number of hydrogen-bond donors (Lipinski definition) is 1. The molecule has 7 atom stereocenters. The standard InChI is InChI=1S/C28H33NO6/c1-16-8-10-26(3)21(27(16,4)15-33-17(2)30)9-11-28(5)24(26)23(31)22-20(35-28)13-19(34-25(22)32)18-7-6-12-29-14-18/h6-7,9,11-14,16,21,23-24,31H,8,10,15H2,1-5H3/t16-,21?,23-,24?,26-,27?,28+/m0/s1. The van der Waals surface area contributed by atoms with Crippen LogP contribution in [-0.2, 0) is 9.53 Å². The van der Waals surface area contributed by atoms with Gasteiger partial charge in [0.05, 0.1) is 12.7 Å². The molecule has 2 aliphatic carbocycles. The topological polar surface area (TPSA) is 98.9 Å². The third-order valence-corrected chi connectivity index (χ3v) is 9.03. The summed E-state index contributed by atoms with van der Waals surface area (Å²) in [5.41, 5.74) is -1.30. The summed E-state index contributed by atoms with van der Waals surface area (Å²) in [5, 5.41) is 11.8. The largest absolute Gasteiger partial charge is 0.482 e. The molecular formula is C28H33NO6. The maximum absolute atomic E-state index is 13.2. The number of allylic oxidation sites excluding steroid dienone is 1. The van der Waals surface area contributed by atoms with E-state index in [1.807, 2.05) is 13.0 Å². The molecule has 7 nitrogen and oxygen atoms in total. The predicted octanol–water partition coefficient (Wildman–Crippen LogP) is 4.69. The summed E-state index contributed by atoms with van der Waals surface area (Å²) in [4.78, 5) is 28.9. The molecule has 0 radical (unpaired) electrons. The van der Waals surface area contributed by atoms with Gasteiger partial charge in [0, 0.05) is 42.3 Å². The van der Waals surface area contributed by atoms with Crippen LogP contribution in [-0.4, -0.2) is 28.3 Å². The summed E-state index contributed by atoms with van der Waals surface area (Å²) in [6.45, 7) is 10.2. The second-order valence-corrected chi connectivity index (χ2v) is 11.2. The van der Waals surface area contributed by atoms with Crippen LogP contribution in [0.3, 0.4) is 0 Å². The molecule has 1 N–H and O–H groups in total. The van der Waals surface area contributed by atoms with Crippen molar-refractivity contribution >= 4 is 5.97 Å². The summed E-state index contributed by atoms with van der Waals surface area (Å²) >= 11 is 0. The molecule has 1 saturated carbocycles. The summed E-state index contributed by atoms with van der Waals surface area (Å²) in [7, 11) is 0. The van der Waals surface area contributed by atoms with Crippen molar-refractivity contribution in [3.63, 3.8) is 0 Å². The van der Waals surface area contributed by atoms with Gasteiger partial charge in [-0.1, -0.05) is 26.8 Å². The van der Waals surface area contributed by atoms with E-state index in [1.54, 1.807) is 30.6 Å². The van der Waals surface area contributed by atoms with Crippen LogP contribution in [0.1, 0.15) is 59.1 Å². The minimum absolute atomic E-state index is 0.0256. The molecule has 0 bridgehead atoms. The molecule has 2 aromatic rings. The van der Waals surface area contributed by atoms with E-state index < -0.39 is 22.7 Å². The van der Waals surface area contributed by atoms with E-state index in [2.05, 4.69) is 31.8 Å². The zero-order chi connectivity index (χ0) is 25.2. The molecule has 2 aromatic heterocycles. The number of carbonyl (C=O) groups is 1. The smallest absolute Gasteiger partial charge is 0.345 e. The van der Waals surface area contributed by atoms with E-state index in [4.69, 9.17) is 13.9 Å². The zero-order valence-corrected chi connectivity index (χ0v) is 20.9. The molecule has 0 aromatic carbocycles. The van der Waals surface area contributed by atoms with Gasteiger partial charge in [-0.2, -0.15) is 0 Å². The fourth-order valence-corrected chi connectivity index (χ4v) is 7.05. The van der Waals surface area contributed by atoms with E-state index >= 15 is 0 Å². The number of hydrogen-bond acceptors (Lipinski definition) is 7. The number of aliphatic hydroxyl groups excluding tert-OH is 1. The maximum atomic E-state index is 13.2. The summed E-state index contributed by atoms with van der Waals surface area (Å²) in [6.07, 6.45) is 8.18. The molecule has 0 spiro atoms. The van der Waals surface area contributed by atoms with Crippen LogP contribution >= 0.6 is 0 Å². The average molecular weight is 480 g/mol. The number of carbonyl (C=O) groups excluding carboxylic acids is 1. The second kappa shape index (κ2) is 8.05. The van der Waals surface area contributed by atoms with Crippen LogP contribution in [0.2, 0.25) is 0 Å². The van der Waals surface area contributed by atoms with Crippen LogP contribution in [0.4, 0.5) is 0 Å². The number of fused-ring (bicyclic) bond motifs is 4. The molecule has 1 fully saturated rings. The Morgan fingerprint density at radius 2 is 2.09 bits per heavy atom. The fourth-order valence-electron chi connectivity index (χ4n) is 7.05. The monoisotopic (exact) mass is 479 g/mol. The molecule has 7 heteroatoms. The van der Waals surface area contributed by atoms with E-state index in [-0.39, 0.29) is 28.8 Å². The highest BCUT2D eigenvalue weighted by Gasteiger charge is 2.64. The minimum Gasteiger partial charge on any atom is -0.482 e. The Hall–Kier alpha value is -2.93. The molecule has 35 heavy (non-hydrogen) atoms. The highest BCUT2D eigenvalue weighted by atomic mass is 16.5. The van der Waals surface area contributed by atoms with Crippen molar-refractivity contribution in [3.05, 3.63) is 58.7 Å². The lowest BCUT2D eigenvalue weighted by molar-refractivity contribution is -0.180. The number of rotatable bonds is 3. The van der Waals surface area contributed by atoms with Gasteiger partial charge in [0.25, 0.3) is 0 Å². The molecule has 3 unspecified atom stereocenters. The van der Waals surface area contributed by atoms with E-state index in [0.717, 1.165) is 12.8 Å². The third kappa shape index (κ3) is 3.54. The molecule has 3 heterocycles. The maximum Gasteiger partial charge on any atom is 0.345 e. The second-order valence-electron chi connectivity index (χ2n) is 11.2. The third-order valence-electron chi connectivity index (χ3n) is 9.03. The van der Waals surface area contributed by atoms with E-state index in [1.165, 1.54) is 6.92 Å².